The molecule has 15 heteroatoms. The lowest BCUT2D eigenvalue weighted by Crippen LogP contribution is -2.54. The molecule has 0 saturated carbocycles. The molecule has 258 valence electrons. The first-order chi connectivity index (χ1) is 23.5. The van der Waals surface area contributed by atoms with Crippen LogP contribution in [0.1, 0.15) is 106 Å². The molecule has 2 fully saturated rings. The molecule has 14 nitrogen and oxygen atoms in total. The number of hydrogen-bond donors (Lipinski definition) is 4. The molecule has 0 aliphatic carbocycles. The minimum Gasteiger partial charge on any atom is -0.384 e. The normalized spacial score (nSPS) is 20.1. The van der Waals surface area contributed by atoms with Crippen molar-refractivity contribution in [1.82, 2.24) is 20.4 Å². The number of fused-ring (bicyclic) bond motifs is 2. The molecule has 2 atom stereocenters. The van der Waals surface area contributed by atoms with Crippen LogP contribution in [-0.2, 0) is 19.2 Å². The molecule has 2 unspecified atom stereocenters. The third-order valence-electron chi connectivity index (χ3n) is 8.83. The lowest BCUT2D eigenvalue weighted by atomic mass is 10.0. The number of hydrogen-bond acceptors (Lipinski definition) is 10. The summed E-state index contributed by atoms with van der Waals surface area (Å²) in [7, 11) is 0. The van der Waals surface area contributed by atoms with Gasteiger partial charge in [-0.05, 0) is 56.5 Å². The highest BCUT2D eigenvalue weighted by Gasteiger charge is 2.47. The number of benzene rings is 2. The van der Waals surface area contributed by atoms with Crippen LogP contribution < -0.4 is 21.7 Å². The molecule has 4 heterocycles. The Balaban J connectivity index is 0.000000204. The predicted molar refractivity (Wildman–Crippen MR) is 171 cm³/mol. The van der Waals surface area contributed by atoms with E-state index < -0.39 is 59.3 Å². The van der Waals surface area contributed by atoms with Gasteiger partial charge < -0.3 is 11.1 Å². The molecular formula is C34H37FN6O8. The number of nitrogens with two attached hydrogens (primary N) is 1. The number of unbranched alkanes of at least 4 members (excludes halogenated alkanes) is 5. The molecule has 2 aromatic rings. The molecule has 6 rings (SSSR count). The van der Waals surface area contributed by atoms with Crippen LogP contribution in [0.25, 0.3) is 0 Å². The van der Waals surface area contributed by atoms with E-state index in [9.17, 15) is 42.7 Å². The van der Waals surface area contributed by atoms with Crippen LogP contribution in [0.3, 0.4) is 0 Å². The second kappa shape index (κ2) is 15.3. The van der Waals surface area contributed by atoms with Gasteiger partial charge in [0.25, 0.3) is 23.6 Å². The van der Waals surface area contributed by atoms with Crippen LogP contribution in [0.2, 0.25) is 0 Å². The van der Waals surface area contributed by atoms with Gasteiger partial charge in [0.2, 0.25) is 23.6 Å². The zero-order valence-electron chi connectivity index (χ0n) is 26.7. The molecular weight excluding hydrogens is 639 g/mol. The summed E-state index contributed by atoms with van der Waals surface area (Å²) in [6.45, 7) is 1.44. The fraction of sp³-hybridized carbons (Fsp3) is 0.412. The molecule has 5 N–H and O–H groups in total. The molecule has 49 heavy (non-hydrogen) atoms. The zero-order valence-corrected chi connectivity index (χ0v) is 26.7. The number of nitrogens with one attached hydrogen (secondary N) is 3. The van der Waals surface area contributed by atoms with Crippen LogP contribution >= 0.6 is 0 Å². The van der Waals surface area contributed by atoms with E-state index in [1.807, 2.05) is 0 Å². The third-order valence-corrected chi connectivity index (χ3v) is 8.83. The second-order valence-electron chi connectivity index (χ2n) is 12.1. The van der Waals surface area contributed by atoms with Crippen molar-refractivity contribution in [2.45, 2.75) is 76.3 Å². The highest BCUT2D eigenvalue weighted by atomic mass is 19.1. The Morgan fingerprint density at radius 3 is 1.67 bits per heavy atom. The molecule has 0 radical (unpaired) electrons. The standard InChI is InChI=1S/C21H28N4O4.C13H9FN2O4/c22-12-5-3-1-2-4-6-13-23-15-9-7-8-14-18(15)21(29)25(20(14)28)16-10-11-17(26)24-19(16)27;14-7-3-1-2-6-10(7)13(20)16(12(6)19)8-4-5-9(17)15-11(8)18/h7-9,16,23H,1-6,10-13,22H2,(H,24,26,27);1-3,8H,4-5H2,(H,15,17,18). The quantitative estimate of drug-likeness (QED) is 0.201. The van der Waals surface area contributed by atoms with Gasteiger partial charge in [-0.25, -0.2) is 4.39 Å². The van der Waals surface area contributed by atoms with Crippen molar-refractivity contribution < 1.29 is 42.7 Å². The first kappa shape index (κ1) is 35.0. The summed E-state index contributed by atoms with van der Waals surface area (Å²) in [5, 5.41) is 7.55. The summed E-state index contributed by atoms with van der Waals surface area (Å²) in [4.78, 5) is 98.2. The second-order valence-corrected chi connectivity index (χ2v) is 12.1. The average molecular weight is 677 g/mol. The Bertz CT molecular complexity index is 1730. The maximum atomic E-state index is 13.7. The smallest absolute Gasteiger partial charge is 0.265 e. The monoisotopic (exact) mass is 676 g/mol. The zero-order chi connectivity index (χ0) is 35.2. The van der Waals surface area contributed by atoms with Crippen LogP contribution in [0.4, 0.5) is 10.1 Å². The van der Waals surface area contributed by atoms with E-state index in [1.165, 1.54) is 18.6 Å². The van der Waals surface area contributed by atoms with Gasteiger partial charge in [0, 0.05) is 25.1 Å². The summed E-state index contributed by atoms with van der Waals surface area (Å²) < 4.78 is 13.7. The average Bonchev–Trinajstić information content (AvgIpc) is 3.48. The van der Waals surface area contributed by atoms with E-state index in [2.05, 4.69) is 16.0 Å². The van der Waals surface area contributed by atoms with Crippen molar-refractivity contribution in [3.8, 4) is 0 Å². The van der Waals surface area contributed by atoms with Gasteiger partial charge in [-0.3, -0.25) is 58.8 Å². The van der Waals surface area contributed by atoms with Crippen molar-refractivity contribution in [3.63, 3.8) is 0 Å². The van der Waals surface area contributed by atoms with Crippen molar-refractivity contribution in [3.05, 3.63) is 64.5 Å². The van der Waals surface area contributed by atoms with Gasteiger partial charge in [-0.2, -0.15) is 0 Å². The summed E-state index contributed by atoms with van der Waals surface area (Å²) >= 11 is 0. The van der Waals surface area contributed by atoms with Gasteiger partial charge in [0.05, 0.1) is 22.3 Å². The van der Waals surface area contributed by atoms with Gasteiger partial charge in [0.1, 0.15) is 17.9 Å². The van der Waals surface area contributed by atoms with Crippen LogP contribution in [-0.4, -0.2) is 82.2 Å². The molecule has 0 aromatic heterocycles. The maximum absolute atomic E-state index is 13.7. The van der Waals surface area contributed by atoms with Gasteiger partial charge in [-0.15, -0.1) is 0 Å². The Kier molecular flexibility index (Phi) is 10.9. The highest BCUT2D eigenvalue weighted by Crippen LogP contribution is 2.33. The molecule has 2 aromatic carbocycles. The van der Waals surface area contributed by atoms with E-state index in [-0.39, 0.29) is 42.7 Å². The number of carbonyl (C=O) groups is 8. The van der Waals surface area contributed by atoms with Crippen LogP contribution in [0.5, 0.6) is 0 Å². The minimum atomic E-state index is -1.07. The molecule has 4 aliphatic heterocycles. The summed E-state index contributed by atoms with van der Waals surface area (Å²) in [6, 6.07) is 6.84. The predicted octanol–water partition coefficient (Wildman–Crippen LogP) is 2.03. The summed E-state index contributed by atoms with van der Waals surface area (Å²) in [5.74, 6) is -5.45. The lowest BCUT2D eigenvalue weighted by molar-refractivity contribution is -0.137. The minimum absolute atomic E-state index is 0.0340. The van der Waals surface area contributed by atoms with Crippen LogP contribution in [0, 0.1) is 5.82 Å². The Morgan fingerprint density at radius 2 is 1.14 bits per heavy atom. The largest absolute Gasteiger partial charge is 0.384 e. The molecule has 0 bridgehead atoms. The van der Waals surface area contributed by atoms with E-state index in [1.54, 1.807) is 18.2 Å². The van der Waals surface area contributed by atoms with E-state index in [0.29, 0.717) is 23.4 Å². The third kappa shape index (κ3) is 7.26. The van der Waals surface area contributed by atoms with Crippen molar-refractivity contribution in [2.75, 3.05) is 18.4 Å². The van der Waals surface area contributed by atoms with E-state index in [4.69, 9.17) is 5.73 Å². The van der Waals surface area contributed by atoms with Crippen molar-refractivity contribution >= 4 is 52.9 Å². The van der Waals surface area contributed by atoms with Crippen molar-refractivity contribution in [1.29, 1.82) is 0 Å². The Morgan fingerprint density at radius 1 is 0.653 bits per heavy atom. The molecule has 8 amide bonds. The lowest BCUT2D eigenvalue weighted by Gasteiger charge is -2.27. The first-order valence-electron chi connectivity index (χ1n) is 16.3. The maximum Gasteiger partial charge on any atom is 0.265 e. The number of carbonyl (C=O) groups excluding carboxylic acids is 8. The summed E-state index contributed by atoms with van der Waals surface area (Å²) in [6.07, 6.45) is 6.94. The Labute approximate surface area is 280 Å². The first-order valence-corrected chi connectivity index (χ1v) is 16.3. The molecule has 0 spiro atoms. The summed E-state index contributed by atoms with van der Waals surface area (Å²) in [5.41, 5.74) is 6.33. The topological polar surface area (TPSA) is 205 Å². The van der Waals surface area contributed by atoms with Gasteiger partial charge in [-0.1, -0.05) is 37.8 Å². The molecule has 4 aliphatic rings. The fourth-order valence-corrected chi connectivity index (χ4v) is 6.34. The number of halogens is 1. The number of rotatable bonds is 11. The van der Waals surface area contributed by atoms with E-state index >= 15 is 0 Å². The number of anilines is 1. The number of amides is 8. The fourth-order valence-electron chi connectivity index (χ4n) is 6.34. The van der Waals surface area contributed by atoms with Crippen LogP contribution in [0.15, 0.2) is 36.4 Å². The highest BCUT2D eigenvalue weighted by molar-refractivity contribution is 6.26. The molecule has 2 saturated heterocycles. The van der Waals surface area contributed by atoms with Gasteiger partial charge in [0.15, 0.2) is 0 Å². The van der Waals surface area contributed by atoms with E-state index in [0.717, 1.165) is 54.5 Å². The van der Waals surface area contributed by atoms with Crippen molar-refractivity contribution in [2.24, 2.45) is 5.73 Å². The van der Waals surface area contributed by atoms with Gasteiger partial charge >= 0.3 is 0 Å². The Hall–Kier alpha value is -5.31. The number of piperidine rings is 2. The SMILES string of the molecule is NCCCCCCCCNc1cccc2c1C(=O)N(C1CCC(=O)NC1=O)C2=O.O=C1CCC(N2C(=O)c3cccc(F)c3C2=O)C(=O)N1. The number of imide groups is 4. The number of nitrogens with zero attached hydrogens (tertiary/aromatic N) is 2.